The molecule has 0 aliphatic carbocycles. The number of nitrogens with zero attached hydrogens (tertiary/aromatic N) is 1. The molecule has 0 N–H and O–H groups in total. The monoisotopic (exact) mass is 275 g/mol. The predicted molar refractivity (Wildman–Crippen MR) is 81.8 cm³/mol. The van der Waals surface area contributed by atoms with Crippen molar-refractivity contribution in [3.05, 3.63) is 84.6 Å². The number of pyridine rings is 1. The van der Waals surface area contributed by atoms with Crippen molar-refractivity contribution < 1.29 is 9.67 Å². The van der Waals surface area contributed by atoms with Crippen molar-refractivity contribution in [3.63, 3.8) is 0 Å². The summed E-state index contributed by atoms with van der Waals surface area (Å²) in [5, 5.41) is 12.4. The molecule has 104 valence electrons. The van der Waals surface area contributed by atoms with E-state index in [1.54, 1.807) is 6.07 Å². The van der Waals surface area contributed by atoms with Crippen LogP contribution in [0.15, 0.2) is 79.0 Å². The van der Waals surface area contributed by atoms with Gasteiger partial charge in [0.1, 0.15) is 0 Å². The van der Waals surface area contributed by atoms with Gasteiger partial charge in [0.2, 0.25) is 5.69 Å². The highest BCUT2D eigenvalue weighted by atomic mass is 16.3. The molecule has 1 atom stereocenters. The third-order valence-electron chi connectivity index (χ3n) is 3.73. The molecular weight excluding hydrogens is 258 g/mol. The van der Waals surface area contributed by atoms with Gasteiger partial charge in [-0.2, -0.15) is 4.57 Å². The van der Waals surface area contributed by atoms with E-state index in [9.17, 15) is 5.11 Å². The van der Waals surface area contributed by atoms with Gasteiger partial charge in [-0.25, -0.2) is 0 Å². The summed E-state index contributed by atoms with van der Waals surface area (Å²) in [6.45, 7) is 2.11. The molecule has 0 saturated carbocycles. The minimum Gasteiger partial charge on any atom is -0.868 e. The van der Waals surface area contributed by atoms with Gasteiger partial charge in [-0.1, -0.05) is 54.6 Å². The molecule has 3 aromatic rings. The van der Waals surface area contributed by atoms with E-state index in [0.29, 0.717) is 0 Å². The lowest BCUT2D eigenvalue weighted by Crippen LogP contribution is -2.41. The molecule has 0 bridgehead atoms. The standard InChI is InChI=1S/C19H17NO/c1-15(16-9-4-2-5-10-16)20-14-8-13-18(21)19(20)17-11-6-3-7-12-17/h2-15H,1H3/t15-/m0/s1. The van der Waals surface area contributed by atoms with Crippen LogP contribution >= 0.6 is 0 Å². The first-order valence-electron chi connectivity index (χ1n) is 7.09. The van der Waals surface area contributed by atoms with Gasteiger partial charge in [0.05, 0.1) is 0 Å². The van der Waals surface area contributed by atoms with Gasteiger partial charge in [-0.15, -0.1) is 0 Å². The highest BCUT2D eigenvalue weighted by Crippen LogP contribution is 2.25. The summed E-state index contributed by atoms with van der Waals surface area (Å²) in [5.41, 5.74) is 2.87. The Labute approximate surface area is 124 Å². The molecule has 0 saturated heterocycles. The number of aromatic nitrogens is 1. The van der Waals surface area contributed by atoms with Crippen LogP contribution in [0.4, 0.5) is 0 Å². The maximum Gasteiger partial charge on any atom is 0.205 e. The Morgan fingerprint density at radius 2 is 1.43 bits per heavy atom. The van der Waals surface area contributed by atoms with Crippen LogP contribution in [0.1, 0.15) is 18.5 Å². The zero-order valence-corrected chi connectivity index (χ0v) is 11.9. The first-order valence-corrected chi connectivity index (χ1v) is 7.09. The number of rotatable bonds is 3. The molecule has 2 aromatic carbocycles. The SMILES string of the molecule is C[C@@H](c1ccccc1)[n+]1cccc([O-])c1-c1ccccc1. The fourth-order valence-corrected chi connectivity index (χ4v) is 2.61. The summed E-state index contributed by atoms with van der Waals surface area (Å²) < 4.78 is 2.05. The van der Waals surface area contributed by atoms with E-state index in [0.717, 1.165) is 11.3 Å². The molecule has 1 aromatic heterocycles. The second kappa shape index (κ2) is 5.80. The molecule has 0 fully saturated rings. The minimum atomic E-state index is 0.0477. The Morgan fingerprint density at radius 1 is 0.810 bits per heavy atom. The molecule has 1 heterocycles. The van der Waals surface area contributed by atoms with Crippen molar-refractivity contribution in [1.29, 1.82) is 0 Å². The maximum absolute atomic E-state index is 12.4. The van der Waals surface area contributed by atoms with Crippen LogP contribution in [-0.4, -0.2) is 0 Å². The Morgan fingerprint density at radius 3 is 2.10 bits per heavy atom. The van der Waals surface area contributed by atoms with Crippen molar-refractivity contribution in [2.24, 2.45) is 0 Å². The quantitative estimate of drug-likeness (QED) is 0.674. The molecule has 3 rings (SSSR count). The van der Waals surface area contributed by atoms with Gasteiger partial charge in [0.15, 0.2) is 12.2 Å². The average molecular weight is 275 g/mol. The van der Waals surface area contributed by atoms with E-state index in [4.69, 9.17) is 0 Å². The van der Waals surface area contributed by atoms with Crippen molar-refractivity contribution in [1.82, 2.24) is 0 Å². The summed E-state index contributed by atoms with van der Waals surface area (Å²) in [6.07, 6.45) is 1.97. The van der Waals surface area contributed by atoms with Gasteiger partial charge >= 0.3 is 0 Å². The van der Waals surface area contributed by atoms with Gasteiger partial charge in [-0.3, -0.25) is 0 Å². The number of hydrogen-bond acceptors (Lipinski definition) is 1. The molecular formula is C19H17NO. The second-order valence-corrected chi connectivity index (χ2v) is 5.08. The molecule has 0 amide bonds. The molecule has 0 aliphatic heterocycles. The van der Waals surface area contributed by atoms with Crippen molar-refractivity contribution in [3.8, 4) is 17.0 Å². The summed E-state index contributed by atoms with van der Waals surface area (Å²) in [7, 11) is 0. The second-order valence-electron chi connectivity index (χ2n) is 5.08. The summed E-state index contributed by atoms with van der Waals surface area (Å²) in [4.78, 5) is 0. The van der Waals surface area contributed by atoms with E-state index in [1.165, 1.54) is 5.56 Å². The third kappa shape index (κ3) is 2.65. The molecule has 0 radical (unpaired) electrons. The van der Waals surface area contributed by atoms with E-state index >= 15 is 0 Å². The van der Waals surface area contributed by atoms with Crippen molar-refractivity contribution in [2.75, 3.05) is 0 Å². The topological polar surface area (TPSA) is 26.9 Å². The molecule has 0 aliphatic rings. The van der Waals surface area contributed by atoms with Gasteiger partial charge in [-0.05, 0) is 17.9 Å². The van der Waals surface area contributed by atoms with Crippen LogP contribution < -0.4 is 9.67 Å². The fraction of sp³-hybridized carbons (Fsp3) is 0.105. The van der Waals surface area contributed by atoms with Crippen LogP contribution in [0, 0.1) is 0 Å². The molecule has 2 nitrogen and oxygen atoms in total. The van der Waals surface area contributed by atoms with Crippen LogP contribution in [0.3, 0.4) is 0 Å². The van der Waals surface area contributed by atoms with Crippen molar-refractivity contribution >= 4 is 0 Å². The third-order valence-corrected chi connectivity index (χ3v) is 3.73. The van der Waals surface area contributed by atoms with Crippen LogP contribution in [0.5, 0.6) is 5.75 Å². The first-order chi connectivity index (χ1) is 10.3. The van der Waals surface area contributed by atoms with E-state index in [1.807, 2.05) is 65.4 Å². The van der Waals surface area contributed by atoms with E-state index in [2.05, 4.69) is 19.1 Å². The number of hydrogen-bond donors (Lipinski definition) is 0. The Balaban J connectivity index is 2.14. The fourth-order valence-electron chi connectivity index (χ4n) is 2.61. The molecule has 2 heteroatoms. The van der Waals surface area contributed by atoms with Crippen LogP contribution in [0.25, 0.3) is 11.3 Å². The predicted octanol–water partition coefficient (Wildman–Crippen LogP) is 3.32. The molecule has 0 unspecified atom stereocenters. The summed E-state index contributed by atoms with van der Waals surface area (Å²) in [6, 6.07) is 23.6. The van der Waals surface area contributed by atoms with E-state index in [-0.39, 0.29) is 11.8 Å². The Hall–Kier alpha value is -2.61. The average Bonchev–Trinajstić information content (AvgIpc) is 2.55. The zero-order valence-electron chi connectivity index (χ0n) is 11.9. The maximum atomic E-state index is 12.4. The van der Waals surface area contributed by atoms with Gasteiger partial charge in [0.25, 0.3) is 0 Å². The highest BCUT2D eigenvalue weighted by Gasteiger charge is 2.21. The van der Waals surface area contributed by atoms with Crippen LogP contribution in [-0.2, 0) is 0 Å². The summed E-state index contributed by atoms with van der Waals surface area (Å²) >= 11 is 0. The van der Waals surface area contributed by atoms with Gasteiger partial charge in [0, 0.05) is 24.1 Å². The molecule has 0 spiro atoms. The normalized spacial score (nSPS) is 12.0. The largest absolute Gasteiger partial charge is 0.868 e. The Kier molecular flexibility index (Phi) is 3.69. The minimum absolute atomic E-state index is 0.0477. The van der Waals surface area contributed by atoms with Crippen molar-refractivity contribution in [2.45, 2.75) is 13.0 Å². The van der Waals surface area contributed by atoms with Gasteiger partial charge < -0.3 is 5.11 Å². The lowest BCUT2D eigenvalue weighted by atomic mass is 10.0. The summed E-state index contributed by atoms with van der Waals surface area (Å²) in [5.74, 6) is 0.0477. The zero-order chi connectivity index (χ0) is 14.7. The lowest BCUT2D eigenvalue weighted by molar-refractivity contribution is -0.701. The molecule has 21 heavy (non-hydrogen) atoms. The highest BCUT2D eigenvalue weighted by molar-refractivity contribution is 5.62. The smallest absolute Gasteiger partial charge is 0.205 e. The number of benzene rings is 2. The van der Waals surface area contributed by atoms with Crippen LogP contribution in [0.2, 0.25) is 0 Å². The lowest BCUT2D eigenvalue weighted by Gasteiger charge is -2.16. The Bertz CT molecular complexity index is 723. The first kappa shape index (κ1) is 13.4. The van der Waals surface area contributed by atoms with E-state index < -0.39 is 0 Å².